The Kier molecular flexibility index (Phi) is 3.66. The molecule has 0 unspecified atom stereocenters. The van der Waals surface area contributed by atoms with E-state index in [1.54, 1.807) is 6.92 Å². The highest BCUT2D eigenvalue weighted by Crippen LogP contribution is 2.27. The predicted octanol–water partition coefficient (Wildman–Crippen LogP) is 2.66. The molecule has 3 heterocycles. The molecular weight excluding hydrogens is 381 g/mol. The second-order valence-corrected chi connectivity index (χ2v) is 5.92. The molecule has 0 spiro atoms. The maximum absolute atomic E-state index is 12.8. The number of benzene rings is 1. The second-order valence-electron chi connectivity index (χ2n) is 5.92. The SMILES string of the molecule is Cc1ccc(-n2ccc3c(cnc4nc(C(F)(F)F)nn43)c2=O)cc1[N+](=O)[O-]. The van der Waals surface area contributed by atoms with Gasteiger partial charge >= 0.3 is 6.18 Å². The molecule has 0 aliphatic rings. The summed E-state index contributed by atoms with van der Waals surface area (Å²) < 4.78 is 40.5. The van der Waals surface area contributed by atoms with Gasteiger partial charge in [-0.15, -0.1) is 5.10 Å². The molecule has 0 aliphatic carbocycles. The van der Waals surface area contributed by atoms with E-state index in [0.717, 1.165) is 15.3 Å². The van der Waals surface area contributed by atoms with Gasteiger partial charge in [0, 0.05) is 24.0 Å². The summed E-state index contributed by atoms with van der Waals surface area (Å²) in [7, 11) is 0. The van der Waals surface area contributed by atoms with E-state index in [9.17, 15) is 28.1 Å². The van der Waals surface area contributed by atoms with Crippen molar-refractivity contribution in [1.29, 1.82) is 0 Å². The van der Waals surface area contributed by atoms with Crippen molar-refractivity contribution in [1.82, 2.24) is 24.1 Å². The van der Waals surface area contributed by atoms with E-state index in [0.29, 0.717) is 5.56 Å². The lowest BCUT2D eigenvalue weighted by Gasteiger charge is -2.08. The molecule has 0 saturated heterocycles. The highest BCUT2D eigenvalue weighted by atomic mass is 19.4. The van der Waals surface area contributed by atoms with Crippen LogP contribution in [-0.4, -0.2) is 29.1 Å². The topological polar surface area (TPSA) is 108 Å². The second kappa shape index (κ2) is 5.84. The van der Waals surface area contributed by atoms with Crippen molar-refractivity contribution >= 4 is 22.4 Å². The lowest BCUT2D eigenvalue weighted by atomic mass is 10.2. The molecule has 12 heteroatoms. The number of hydrogen-bond donors (Lipinski definition) is 0. The number of nitro benzene ring substituents is 1. The number of alkyl halides is 3. The van der Waals surface area contributed by atoms with Gasteiger partial charge in [-0.2, -0.15) is 22.7 Å². The number of halogens is 3. The molecule has 0 aliphatic heterocycles. The van der Waals surface area contributed by atoms with Crippen molar-refractivity contribution in [2.75, 3.05) is 0 Å². The van der Waals surface area contributed by atoms with Crippen molar-refractivity contribution in [3.8, 4) is 5.69 Å². The maximum atomic E-state index is 12.8. The first kappa shape index (κ1) is 17.6. The summed E-state index contributed by atoms with van der Waals surface area (Å²) in [6.45, 7) is 1.56. The van der Waals surface area contributed by atoms with E-state index in [2.05, 4.69) is 15.1 Å². The minimum atomic E-state index is -4.75. The van der Waals surface area contributed by atoms with Gasteiger partial charge in [-0.25, -0.2) is 4.98 Å². The van der Waals surface area contributed by atoms with E-state index in [4.69, 9.17) is 0 Å². The number of nitro groups is 1. The number of fused-ring (bicyclic) bond motifs is 3. The van der Waals surface area contributed by atoms with Crippen LogP contribution in [0.2, 0.25) is 0 Å². The molecule has 3 aromatic heterocycles. The van der Waals surface area contributed by atoms with Gasteiger partial charge in [0.1, 0.15) is 0 Å². The van der Waals surface area contributed by atoms with Gasteiger partial charge in [-0.3, -0.25) is 19.5 Å². The number of hydrogen-bond acceptors (Lipinski definition) is 6. The molecule has 28 heavy (non-hydrogen) atoms. The van der Waals surface area contributed by atoms with Crippen molar-refractivity contribution < 1.29 is 18.1 Å². The summed E-state index contributed by atoms with van der Waals surface area (Å²) >= 11 is 0. The molecular formula is C16H9F3N6O3. The fourth-order valence-electron chi connectivity index (χ4n) is 2.79. The first-order valence-corrected chi connectivity index (χ1v) is 7.76. The van der Waals surface area contributed by atoms with Gasteiger partial charge in [0.05, 0.1) is 21.5 Å². The summed E-state index contributed by atoms with van der Waals surface area (Å²) in [4.78, 5) is 30.5. The van der Waals surface area contributed by atoms with Crippen molar-refractivity contribution in [2.45, 2.75) is 13.1 Å². The quantitative estimate of drug-likeness (QED) is 0.385. The Bertz CT molecular complexity index is 1330. The molecule has 0 radical (unpaired) electrons. The normalized spacial score (nSPS) is 12.0. The van der Waals surface area contributed by atoms with Crippen molar-refractivity contribution in [3.05, 3.63) is 68.5 Å². The van der Waals surface area contributed by atoms with Gasteiger partial charge in [0.2, 0.25) is 0 Å². The fourth-order valence-corrected chi connectivity index (χ4v) is 2.79. The van der Waals surface area contributed by atoms with Crippen LogP contribution in [0.25, 0.3) is 22.4 Å². The third-order valence-electron chi connectivity index (χ3n) is 4.16. The zero-order valence-corrected chi connectivity index (χ0v) is 14.0. The lowest BCUT2D eigenvalue weighted by molar-refractivity contribution is -0.385. The highest BCUT2D eigenvalue weighted by molar-refractivity contribution is 5.79. The molecule has 0 saturated carbocycles. The minimum absolute atomic E-state index is 0.0168. The summed E-state index contributed by atoms with van der Waals surface area (Å²) in [6, 6.07) is 5.63. The fraction of sp³-hybridized carbons (Fsp3) is 0.125. The Balaban J connectivity index is 1.95. The molecule has 9 nitrogen and oxygen atoms in total. The van der Waals surface area contributed by atoms with Crippen molar-refractivity contribution in [2.24, 2.45) is 0 Å². The van der Waals surface area contributed by atoms with Crippen LogP contribution in [0, 0.1) is 17.0 Å². The Morgan fingerprint density at radius 2 is 1.96 bits per heavy atom. The van der Waals surface area contributed by atoms with E-state index in [-0.39, 0.29) is 28.1 Å². The Morgan fingerprint density at radius 3 is 2.64 bits per heavy atom. The number of aryl methyl sites for hydroxylation is 1. The van der Waals surface area contributed by atoms with Crippen LogP contribution in [0.3, 0.4) is 0 Å². The zero-order valence-electron chi connectivity index (χ0n) is 14.0. The average molecular weight is 390 g/mol. The maximum Gasteiger partial charge on any atom is 0.453 e. The largest absolute Gasteiger partial charge is 0.453 e. The molecule has 0 fully saturated rings. The third kappa shape index (κ3) is 2.66. The standard InChI is InChI=1S/C16H9F3N6O3/c1-8-2-3-9(6-12(8)25(27)28)23-5-4-11-10(13(23)26)7-20-15-21-14(16(17,18)19)22-24(11)15/h2-7H,1H3. The molecule has 1 aromatic carbocycles. The zero-order chi connectivity index (χ0) is 20.2. The molecule has 0 atom stereocenters. The smallest absolute Gasteiger partial charge is 0.283 e. The number of aromatic nitrogens is 5. The van der Waals surface area contributed by atoms with E-state index in [1.807, 2.05) is 0 Å². The monoisotopic (exact) mass is 390 g/mol. The molecule has 0 bridgehead atoms. The number of nitrogens with zero attached hydrogens (tertiary/aromatic N) is 6. The highest BCUT2D eigenvalue weighted by Gasteiger charge is 2.36. The van der Waals surface area contributed by atoms with Crippen LogP contribution in [-0.2, 0) is 6.18 Å². The van der Waals surface area contributed by atoms with Crippen molar-refractivity contribution in [3.63, 3.8) is 0 Å². The van der Waals surface area contributed by atoms with Gasteiger partial charge in [-0.05, 0) is 19.1 Å². The molecule has 0 N–H and O–H groups in total. The first-order valence-electron chi connectivity index (χ1n) is 7.76. The summed E-state index contributed by atoms with van der Waals surface area (Å²) in [5, 5.41) is 14.5. The van der Waals surface area contributed by atoms with E-state index in [1.165, 1.54) is 30.5 Å². The summed E-state index contributed by atoms with van der Waals surface area (Å²) in [5.74, 6) is -1.67. The lowest BCUT2D eigenvalue weighted by Crippen LogP contribution is -2.19. The van der Waals surface area contributed by atoms with Gasteiger partial charge in [0.25, 0.3) is 22.8 Å². The summed E-state index contributed by atoms with van der Waals surface area (Å²) in [6.07, 6.45) is -2.36. The number of rotatable bonds is 2. The van der Waals surface area contributed by atoms with Crippen LogP contribution in [0.1, 0.15) is 11.4 Å². The van der Waals surface area contributed by atoms with Crippen LogP contribution in [0.4, 0.5) is 18.9 Å². The van der Waals surface area contributed by atoms with Gasteiger partial charge < -0.3 is 0 Å². The van der Waals surface area contributed by atoms with E-state index < -0.39 is 22.5 Å². The average Bonchev–Trinajstić information content (AvgIpc) is 3.07. The van der Waals surface area contributed by atoms with Gasteiger partial charge in [0.15, 0.2) is 0 Å². The van der Waals surface area contributed by atoms with Crippen LogP contribution >= 0.6 is 0 Å². The van der Waals surface area contributed by atoms with Crippen LogP contribution in [0.5, 0.6) is 0 Å². The molecule has 4 aromatic rings. The first-order chi connectivity index (χ1) is 13.2. The Hall–Kier alpha value is -3.83. The van der Waals surface area contributed by atoms with Gasteiger partial charge in [-0.1, -0.05) is 6.07 Å². The number of pyridine rings is 1. The third-order valence-corrected chi connectivity index (χ3v) is 4.16. The molecule has 0 amide bonds. The molecule has 142 valence electrons. The van der Waals surface area contributed by atoms with Crippen LogP contribution < -0.4 is 5.56 Å². The predicted molar refractivity (Wildman–Crippen MR) is 90.3 cm³/mol. The summed E-state index contributed by atoms with van der Waals surface area (Å²) in [5.41, 5.74) is -0.0405. The Labute approximate surface area is 152 Å². The Morgan fingerprint density at radius 1 is 1.21 bits per heavy atom. The van der Waals surface area contributed by atoms with Crippen LogP contribution in [0.15, 0.2) is 41.5 Å². The molecule has 4 rings (SSSR count). The minimum Gasteiger partial charge on any atom is -0.283 e. The van der Waals surface area contributed by atoms with E-state index >= 15 is 0 Å².